The normalized spacial score (nSPS) is 16.4. The van der Waals surface area contributed by atoms with Crippen molar-refractivity contribution in [3.8, 4) is 6.19 Å². The third-order valence-corrected chi connectivity index (χ3v) is 5.70. The summed E-state index contributed by atoms with van der Waals surface area (Å²) in [5.41, 5.74) is 3.47. The lowest BCUT2D eigenvalue weighted by atomic mass is 10.0. The molecule has 0 radical (unpaired) electrons. The number of nitrogens with one attached hydrogen (secondary N) is 1. The molecule has 1 aromatic heterocycles. The number of benzene rings is 2. The van der Waals surface area contributed by atoms with E-state index in [9.17, 15) is 10.1 Å². The number of carbonyl (C=O) groups is 1. The summed E-state index contributed by atoms with van der Waals surface area (Å²) in [6, 6.07) is 19.3. The zero-order valence-corrected chi connectivity index (χ0v) is 18.7. The summed E-state index contributed by atoms with van der Waals surface area (Å²) in [6.45, 7) is 5.34. The number of nitrogens with zero attached hydrogens (tertiary/aromatic N) is 5. The van der Waals surface area contributed by atoms with Crippen molar-refractivity contribution in [2.24, 2.45) is 4.99 Å². The summed E-state index contributed by atoms with van der Waals surface area (Å²) in [4.78, 5) is 21.9. The Morgan fingerprint density at radius 3 is 2.64 bits per heavy atom. The zero-order chi connectivity index (χ0) is 23.2. The van der Waals surface area contributed by atoms with Crippen molar-refractivity contribution < 1.29 is 9.32 Å². The minimum atomic E-state index is -0.192. The van der Waals surface area contributed by atoms with Gasteiger partial charge in [-0.25, -0.2) is 4.99 Å². The summed E-state index contributed by atoms with van der Waals surface area (Å²) >= 11 is 0. The van der Waals surface area contributed by atoms with Crippen LogP contribution in [0, 0.1) is 25.3 Å². The molecule has 1 N–H and O–H groups in total. The van der Waals surface area contributed by atoms with E-state index in [1.165, 1.54) is 0 Å². The molecule has 0 spiro atoms. The van der Waals surface area contributed by atoms with Crippen molar-refractivity contribution in [3.63, 3.8) is 0 Å². The fraction of sp³-hybridized carbons (Fsp3) is 0.280. The van der Waals surface area contributed by atoms with Crippen LogP contribution in [0.2, 0.25) is 0 Å². The maximum absolute atomic E-state index is 13.2. The van der Waals surface area contributed by atoms with E-state index in [1.54, 1.807) is 6.07 Å². The second kappa shape index (κ2) is 10.0. The zero-order valence-electron chi connectivity index (χ0n) is 18.7. The first-order valence-corrected chi connectivity index (χ1v) is 10.9. The summed E-state index contributed by atoms with van der Waals surface area (Å²) in [6.07, 6.45) is 2.19. The van der Waals surface area contributed by atoms with Crippen LogP contribution < -0.4 is 5.32 Å². The molecule has 1 saturated heterocycles. The van der Waals surface area contributed by atoms with Gasteiger partial charge in [-0.1, -0.05) is 53.7 Å². The van der Waals surface area contributed by atoms with E-state index < -0.39 is 0 Å². The Kier molecular flexibility index (Phi) is 6.69. The summed E-state index contributed by atoms with van der Waals surface area (Å²) < 4.78 is 5.12. The van der Waals surface area contributed by atoms with Gasteiger partial charge in [-0.3, -0.25) is 10.1 Å². The number of guanidine groups is 1. The number of aryl methyl sites for hydroxylation is 2. The lowest BCUT2D eigenvalue weighted by molar-refractivity contribution is -0.135. The molecule has 4 rings (SSSR count). The molecule has 168 valence electrons. The molecule has 0 aliphatic carbocycles. The molecule has 0 bridgehead atoms. The van der Waals surface area contributed by atoms with Crippen LogP contribution >= 0.6 is 0 Å². The number of aromatic nitrogens is 1. The highest BCUT2D eigenvalue weighted by atomic mass is 16.5. The van der Waals surface area contributed by atoms with Gasteiger partial charge in [0.1, 0.15) is 5.76 Å². The molecule has 33 heavy (non-hydrogen) atoms. The van der Waals surface area contributed by atoms with Gasteiger partial charge in [0.15, 0.2) is 6.19 Å². The van der Waals surface area contributed by atoms with Gasteiger partial charge < -0.3 is 14.3 Å². The number of carbonyl (C=O) groups excluding carboxylic acids is 1. The maximum atomic E-state index is 13.2. The molecule has 1 amide bonds. The molecule has 8 nitrogen and oxygen atoms in total. The molecular formula is C25H26N6O2. The predicted octanol–water partition coefficient (Wildman–Crippen LogP) is 3.48. The van der Waals surface area contributed by atoms with Crippen LogP contribution in [0.3, 0.4) is 0 Å². The van der Waals surface area contributed by atoms with Crippen LogP contribution in [0.15, 0.2) is 70.2 Å². The SMILES string of the molecule is Cc1cc(CC(=O)N2CCN(C(=Nc3ccccc3C)NC#N)CC2c2ccccc2)no1. The lowest BCUT2D eigenvalue weighted by Gasteiger charge is -2.42. The van der Waals surface area contributed by atoms with E-state index in [0.29, 0.717) is 37.0 Å². The van der Waals surface area contributed by atoms with Gasteiger partial charge in [-0.05, 0) is 31.0 Å². The van der Waals surface area contributed by atoms with Crippen LogP contribution in [-0.2, 0) is 11.2 Å². The Morgan fingerprint density at radius 2 is 1.94 bits per heavy atom. The van der Waals surface area contributed by atoms with Gasteiger partial charge in [-0.15, -0.1) is 0 Å². The number of nitriles is 1. The van der Waals surface area contributed by atoms with Crippen LogP contribution in [0.4, 0.5) is 5.69 Å². The quantitative estimate of drug-likeness (QED) is 0.288. The molecule has 0 saturated carbocycles. The highest BCUT2D eigenvalue weighted by Crippen LogP contribution is 2.27. The van der Waals surface area contributed by atoms with E-state index in [4.69, 9.17) is 9.52 Å². The number of hydrogen-bond acceptors (Lipinski definition) is 5. The molecule has 8 heteroatoms. The van der Waals surface area contributed by atoms with E-state index in [2.05, 4.69) is 10.5 Å². The number of amides is 1. The fourth-order valence-electron chi connectivity index (χ4n) is 4.02. The van der Waals surface area contributed by atoms with Gasteiger partial charge in [0.25, 0.3) is 0 Å². The van der Waals surface area contributed by atoms with E-state index in [1.807, 2.05) is 84.4 Å². The molecule has 1 aliphatic rings. The van der Waals surface area contributed by atoms with Gasteiger partial charge in [0.05, 0.1) is 23.8 Å². The minimum Gasteiger partial charge on any atom is -0.361 e. The molecular weight excluding hydrogens is 416 g/mol. The third-order valence-electron chi connectivity index (χ3n) is 5.70. The van der Waals surface area contributed by atoms with Crippen molar-refractivity contribution in [3.05, 3.63) is 83.2 Å². The molecule has 3 aromatic rings. The Bertz CT molecular complexity index is 1180. The Hall–Kier alpha value is -4.12. The van der Waals surface area contributed by atoms with Crippen molar-refractivity contribution in [2.75, 3.05) is 19.6 Å². The number of para-hydroxylation sites is 1. The molecule has 1 unspecified atom stereocenters. The van der Waals surface area contributed by atoms with Gasteiger partial charge in [0, 0.05) is 25.7 Å². The first-order chi connectivity index (χ1) is 16.0. The van der Waals surface area contributed by atoms with Gasteiger partial charge in [0.2, 0.25) is 11.9 Å². The molecule has 1 atom stereocenters. The van der Waals surface area contributed by atoms with E-state index in [0.717, 1.165) is 16.8 Å². The smallest absolute Gasteiger partial charge is 0.229 e. The summed E-state index contributed by atoms with van der Waals surface area (Å²) in [5, 5.41) is 16.1. The van der Waals surface area contributed by atoms with Crippen LogP contribution in [0.25, 0.3) is 0 Å². The van der Waals surface area contributed by atoms with E-state index >= 15 is 0 Å². The van der Waals surface area contributed by atoms with Crippen molar-refractivity contribution in [1.82, 2.24) is 20.3 Å². The Morgan fingerprint density at radius 1 is 1.18 bits per heavy atom. The average Bonchev–Trinajstić information content (AvgIpc) is 3.24. The lowest BCUT2D eigenvalue weighted by Crippen LogP contribution is -2.54. The Labute approximate surface area is 193 Å². The topological polar surface area (TPSA) is 97.8 Å². The summed E-state index contributed by atoms with van der Waals surface area (Å²) in [5.74, 6) is 1.15. The van der Waals surface area contributed by atoms with Crippen molar-refractivity contribution >= 4 is 17.6 Å². The van der Waals surface area contributed by atoms with Crippen molar-refractivity contribution in [1.29, 1.82) is 5.26 Å². The first-order valence-electron chi connectivity index (χ1n) is 10.9. The van der Waals surface area contributed by atoms with Crippen molar-refractivity contribution in [2.45, 2.75) is 26.3 Å². The van der Waals surface area contributed by atoms with Gasteiger partial charge in [-0.2, -0.15) is 5.26 Å². The van der Waals surface area contributed by atoms with Gasteiger partial charge >= 0.3 is 0 Å². The fourth-order valence-corrected chi connectivity index (χ4v) is 4.02. The molecule has 1 aliphatic heterocycles. The monoisotopic (exact) mass is 442 g/mol. The largest absolute Gasteiger partial charge is 0.361 e. The maximum Gasteiger partial charge on any atom is 0.229 e. The number of piperazine rings is 1. The molecule has 2 aromatic carbocycles. The minimum absolute atomic E-state index is 0.0116. The van der Waals surface area contributed by atoms with Crippen LogP contribution in [0.1, 0.15) is 28.6 Å². The Balaban J connectivity index is 1.61. The summed E-state index contributed by atoms with van der Waals surface area (Å²) in [7, 11) is 0. The molecule has 1 fully saturated rings. The first kappa shape index (κ1) is 22.1. The standard InChI is InChI=1S/C25H26N6O2/c1-18-8-6-7-11-22(18)28-25(27-17-26)30-12-13-31(23(16-30)20-9-4-3-5-10-20)24(32)15-21-14-19(2)33-29-21/h3-11,14,23H,12-13,15-16H2,1-2H3,(H,27,28). The van der Waals surface area contributed by atoms with E-state index in [-0.39, 0.29) is 18.4 Å². The molecule has 2 heterocycles. The second-order valence-electron chi connectivity index (χ2n) is 8.02. The van der Waals surface area contributed by atoms with Crippen LogP contribution in [-0.4, -0.2) is 46.5 Å². The number of aliphatic imine (C=N–C) groups is 1. The average molecular weight is 443 g/mol. The predicted molar refractivity (Wildman–Crippen MR) is 124 cm³/mol. The second-order valence-corrected chi connectivity index (χ2v) is 8.02. The third kappa shape index (κ3) is 5.21. The highest BCUT2D eigenvalue weighted by Gasteiger charge is 2.33. The van der Waals surface area contributed by atoms with Crippen LogP contribution in [0.5, 0.6) is 0 Å². The number of hydrogen-bond donors (Lipinski definition) is 1. The highest BCUT2D eigenvalue weighted by molar-refractivity contribution is 5.85. The number of rotatable bonds is 4.